The molecule has 9 heteroatoms. The molecule has 29 heavy (non-hydrogen) atoms. The molecule has 0 aliphatic rings. The van der Waals surface area contributed by atoms with Crippen LogP contribution in [0.2, 0.25) is 0 Å². The number of carbonyl (C=O) groups excluding carboxylic acids is 1. The smallest absolute Gasteiger partial charge is 0.259 e. The molecule has 0 saturated carbocycles. The first-order valence-corrected chi connectivity index (χ1v) is 10.8. The van der Waals surface area contributed by atoms with E-state index in [-0.39, 0.29) is 5.91 Å². The first-order valence-electron chi connectivity index (χ1n) is 8.93. The zero-order valence-electron chi connectivity index (χ0n) is 15.7. The Bertz CT molecular complexity index is 1190. The number of anilines is 2. The number of nitrogens with one attached hydrogen (secondary N) is 2. The third-order valence-corrected chi connectivity index (χ3v) is 5.90. The summed E-state index contributed by atoms with van der Waals surface area (Å²) in [5.74, 6) is 0.855. The van der Waals surface area contributed by atoms with Gasteiger partial charge in [0.05, 0.1) is 33.9 Å². The molecule has 0 bridgehead atoms. The van der Waals surface area contributed by atoms with Crippen molar-refractivity contribution in [2.24, 2.45) is 0 Å². The van der Waals surface area contributed by atoms with Crippen LogP contribution in [0.3, 0.4) is 0 Å². The van der Waals surface area contributed by atoms with Gasteiger partial charge in [-0.05, 0) is 35.9 Å². The summed E-state index contributed by atoms with van der Waals surface area (Å²) in [5, 5.41) is 13.3. The van der Waals surface area contributed by atoms with Crippen molar-refractivity contribution in [2.75, 3.05) is 5.32 Å². The molecule has 0 aliphatic heterocycles. The SMILES string of the molecule is CC(C)c1nnc(Nc2ccc3nccc(-c4cccc(C(=O)NI)c4)c3n2)s1. The molecule has 1 amide bonds. The van der Waals surface area contributed by atoms with Crippen molar-refractivity contribution >= 4 is 62.1 Å². The number of halogens is 1. The fraction of sp³-hybridized carbons (Fsp3) is 0.150. The van der Waals surface area contributed by atoms with Gasteiger partial charge in [-0.15, -0.1) is 10.2 Å². The van der Waals surface area contributed by atoms with Crippen LogP contribution < -0.4 is 8.85 Å². The standard InChI is InChI=1S/C20H17IN6OS/c1-11(2)19-26-27-20(29-19)24-16-7-6-15-17(23-16)14(8-9-22-15)12-4-3-5-13(10-12)18(28)25-21/h3-11H,1-2H3,(H,25,28)(H,23,24,27). The number of pyridine rings is 2. The molecule has 0 unspecified atom stereocenters. The average molecular weight is 516 g/mol. The van der Waals surface area contributed by atoms with Gasteiger partial charge in [0.15, 0.2) is 0 Å². The minimum atomic E-state index is -0.140. The van der Waals surface area contributed by atoms with Crippen molar-refractivity contribution in [3.63, 3.8) is 0 Å². The lowest BCUT2D eigenvalue weighted by atomic mass is 10.0. The molecule has 4 rings (SSSR count). The molecule has 0 atom stereocenters. The summed E-state index contributed by atoms with van der Waals surface area (Å²) in [7, 11) is 0. The average Bonchev–Trinajstić information content (AvgIpc) is 3.21. The number of hydrogen-bond donors (Lipinski definition) is 2. The summed E-state index contributed by atoms with van der Waals surface area (Å²) >= 11 is 3.35. The molecule has 1 aromatic carbocycles. The zero-order chi connectivity index (χ0) is 20.4. The van der Waals surface area contributed by atoms with E-state index in [9.17, 15) is 4.79 Å². The second-order valence-electron chi connectivity index (χ2n) is 6.65. The van der Waals surface area contributed by atoms with Gasteiger partial charge in [-0.1, -0.05) is 37.3 Å². The van der Waals surface area contributed by atoms with Crippen LogP contribution in [-0.2, 0) is 0 Å². The fourth-order valence-corrected chi connectivity index (χ4v) is 3.90. The quantitative estimate of drug-likeness (QED) is 0.284. The van der Waals surface area contributed by atoms with Crippen molar-refractivity contribution in [3.8, 4) is 11.1 Å². The van der Waals surface area contributed by atoms with Crippen LogP contribution in [0.5, 0.6) is 0 Å². The predicted octanol–water partition coefficient (Wildman–Crippen LogP) is 5.10. The summed E-state index contributed by atoms with van der Waals surface area (Å²) in [4.78, 5) is 21.2. The third kappa shape index (κ3) is 4.20. The molecule has 0 saturated heterocycles. The van der Waals surface area contributed by atoms with E-state index in [0.717, 1.165) is 27.2 Å². The fourth-order valence-electron chi connectivity index (χ4n) is 2.84. The van der Waals surface area contributed by atoms with Crippen molar-refractivity contribution in [1.29, 1.82) is 0 Å². The number of aromatic nitrogens is 4. The molecule has 4 aromatic rings. The Hall–Kier alpha value is -2.66. The maximum absolute atomic E-state index is 12.0. The van der Waals surface area contributed by atoms with E-state index in [1.807, 2.05) is 59.3 Å². The van der Waals surface area contributed by atoms with Gasteiger partial charge in [0, 0.05) is 23.2 Å². The van der Waals surface area contributed by atoms with Gasteiger partial charge in [0.1, 0.15) is 10.8 Å². The first-order chi connectivity index (χ1) is 14.0. The molecule has 0 radical (unpaired) electrons. The van der Waals surface area contributed by atoms with Crippen LogP contribution >= 0.6 is 34.2 Å². The van der Waals surface area contributed by atoms with Gasteiger partial charge >= 0.3 is 0 Å². The summed E-state index contributed by atoms with van der Waals surface area (Å²) in [6, 6.07) is 13.1. The highest BCUT2D eigenvalue weighted by Gasteiger charge is 2.12. The van der Waals surface area contributed by atoms with Crippen LogP contribution in [0, 0.1) is 0 Å². The zero-order valence-corrected chi connectivity index (χ0v) is 18.7. The largest absolute Gasteiger partial charge is 0.315 e. The molecule has 146 valence electrons. The Labute approximate surface area is 185 Å². The Morgan fingerprint density at radius 1 is 1.14 bits per heavy atom. The maximum Gasteiger partial charge on any atom is 0.259 e. The highest BCUT2D eigenvalue weighted by atomic mass is 127. The second-order valence-corrected chi connectivity index (χ2v) is 8.20. The topological polar surface area (TPSA) is 92.7 Å². The Morgan fingerprint density at radius 3 is 2.76 bits per heavy atom. The van der Waals surface area contributed by atoms with Gasteiger partial charge in [-0.3, -0.25) is 13.3 Å². The van der Waals surface area contributed by atoms with Crippen LogP contribution in [0.4, 0.5) is 10.9 Å². The number of hydrogen-bond acceptors (Lipinski definition) is 7. The van der Waals surface area contributed by atoms with Crippen molar-refractivity contribution in [1.82, 2.24) is 23.7 Å². The molecule has 7 nitrogen and oxygen atoms in total. The van der Waals surface area contributed by atoms with Gasteiger partial charge in [0.25, 0.3) is 5.91 Å². The predicted molar refractivity (Wildman–Crippen MR) is 124 cm³/mol. The summed E-state index contributed by atoms with van der Waals surface area (Å²) in [5.41, 5.74) is 3.92. The lowest BCUT2D eigenvalue weighted by molar-refractivity contribution is 0.0989. The van der Waals surface area contributed by atoms with Crippen LogP contribution in [0.25, 0.3) is 22.2 Å². The number of nitrogens with zero attached hydrogens (tertiary/aromatic N) is 4. The van der Waals surface area contributed by atoms with Gasteiger partial charge in [-0.25, -0.2) is 4.98 Å². The summed E-state index contributed by atoms with van der Waals surface area (Å²) in [6.45, 7) is 4.17. The summed E-state index contributed by atoms with van der Waals surface area (Å²) in [6.07, 6.45) is 1.75. The van der Waals surface area contributed by atoms with Crippen LogP contribution in [-0.4, -0.2) is 26.1 Å². The molecule has 0 aliphatic carbocycles. The second kappa shape index (κ2) is 8.37. The van der Waals surface area contributed by atoms with E-state index in [0.29, 0.717) is 22.4 Å². The minimum absolute atomic E-state index is 0.140. The molecular weight excluding hydrogens is 499 g/mol. The molecule has 3 heterocycles. The van der Waals surface area contributed by atoms with Gasteiger partial charge in [0.2, 0.25) is 5.13 Å². The van der Waals surface area contributed by atoms with Crippen molar-refractivity contribution < 1.29 is 4.79 Å². The maximum atomic E-state index is 12.0. The van der Waals surface area contributed by atoms with E-state index in [2.05, 4.69) is 37.9 Å². The lowest BCUT2D eigenvalue weighted by Gasteiger charge is -2.09. The molecule has 2 N–H and O–H groups in total. The van der Waals surface area contributed by atoms with Gasteiger partial charge in [-0.2, -0.15) is 0 Å². The molecular formula is C20H17IN6OS. The van der Waals surface area contributed by atoms with E-state index in [1.54, 1.807) is 12.3 Å². The minimum Gasteiger partial charge on any atom is -0.315 e. The Balaban J connectivity index is 1.74. The Morgan fingerprint density at radius 2 is 2.00 bits per heavy atom. The van der Waals surface area contributed by atoms with E-state index in [1.165, 1.54) is 11.3 Å². The van der Waals surface area contributed by atoms with Crippen LogP contribution in [0.1, 0.15) is 35.1 Å². The number of fused-ring (bicyclic) bond motifs is 1. The van der Waals surface area contributed by atoms with Gasteiger partial charge < -0.3 is 5.32 Å². The third-order valence-electron chi connectivity index (χ3n) is 4.28. The number of amides is 1. The molecule has 3 aromatic heterocycles. The van der Waals surface area contributed by atoms with E-state index >= 15 is 0 Å². The number of rotatable bonds is 5. The highest BCUT2D eigenvalue weighted by Crippen LogP contribution is 2.29. The van der Waals surface area contributed by atoms with Crippen LogP contribution in [0.15, 0.2) is 48.7 Å². The summed E-state index contributed by atoms with van der Waals surface area (Å²) < 4.78 is 2.62. The lowest BCUT2D eigenvalue weighted by Crippen LogP contribution is -2.11. The first kappa shape index (κ1) is 19.6. The Kier molecular flexibility index (Phi) is 5.67. The van der Waals surface area contributed by atoms with Crippen molar-refractivity contribution in [3.05, 3.63) is 59.2 Å². The normalized spacial score (nSPS) is 11.0. The van der Waals surface area contributed by atoms with E-state index in [4.69, 9.17) is 4.98 Å². The number of carbonyl (C=O) groups is 1. The molecule has 0 spiro atoms. The monoisotopic (exact) mass is 516 g/mol. The van der Waals surface area contributed by atoms with Crippen molar-refractivity contribution in [2.45, 2.75) is 19.8 Å². The number of benzene rings is 1. The highest BCUT2D eigenvalue weighted by molar-refractivity contribution is 14.1. The van der Waals surface area contributed by atoms with E-state index < -0.39 is 0 Å². The molecule has 0 fully saturated rings.